The van der Waals surface area contributed by atoms with Gasteiger partial charge in [0, 0.05) is 30.6 Å². The van der Waals surface area contributed by atoms with Crippen LogP contribution in [0.1, 0.15) is 37.8 Å². The summed E-state index contributed by atoms with van der Waals surface area (Å²) >= 11 is 6.27. The second-order valence-electron chi connectivity index (χ2n) is 10.2. The Labute approximate surface area is 258 Å². The highest BCUT2D eigenvalue weighted by molar-refractivity contribution is 7.92. The van der Waals surface area contributed by atoms with E-state index in [1.165, 1.54) is 11.8 Å². The molecule has 4 rings (SSSR count). The summed E-state index contributed by atoms with van der Waals surface area (Å²) in [5, 5.41) is 3.47. The second-order valence-corrected chi connectivity index (χ2v) is 12.9. The number of benzene rings is 3. The van der Waals surface area contributed by atoms with Gasteiger partial charge in [-0.2, -0.15) is 0 Å². The van der Waals surface area contributed by atoms with Gasteiger partial charge >= 0.3 is 0 Å². The van der Waals surface area contributed by atoms with Crippen molar-refractivity contribution < 1.29 is 27.5 Å². The van der Waals surface area contributed by atoms with E-state index in [1.54, 1.807) is 36.4 Å². The lowest BCUT2D eigenvalue weighted by Crippen LogP contribution is -2.53. The molecule has 3 aromatic carbocycles. The van der Waals surface area contributed by atoms with Crippen molar-refractivity contribution >= 4 is 39.1 Å². The molecule has 0 aromatic heterocycles. The largest absolute Gasteiger partial charge is 0.486 e. The summed E-state index contributed by atoms with van der Waals surface area (Å²) in [6.07, 6.45) is 1.93. The van der Waals surface area contributed by atoms with Crippen molar-refractivity contribution in [3.05, 3.63) is 88.9 Å². The summed E-state index contributed by atoms with van der Waals surface area (Å²) in [4.78, 5) is 29.4. The number of fused-ring (bicyclic) bond motifs is 1. The standard InChI is InChI=1S/C32H38ClN3O6S/c1-3-5-16-34-32(38)28(20-24-10-7-6-8-11-24)35(22-25-12-9-13-26(33)19-25)31(37)23-36(43(39,40)4-2)27-14-15-29-30(21-27)42-18-17-41-29/h6-15,19,21,28H,3-5,16-18,20,22-23H2,1-2H3,(H,34,38)/t28-/m0/s1. The second kappa shape index (κ2) is 15.1. The third-order valence-corrected chi connectivity index (χ3v) is 9.11. The Kier molecular flexibility index (Phi) is 11.3. The Hall–Kier alpha value is -3.76. The number of amides is 2. The van der Waals surface area contributed by atoms with E-state index in [4.69, 9.17) is 21.1 Å². The quantitative estimate of drug-likeness (QED) is 0.257. The number of hydrogen-bond donors (Lipinski definition) is 1. The van der Waals surface area contributed by atoms with Crippen molar-refractivity contribution in [1.29, 1.82) is 0 Å². The first-order valence-corrected chi connectivity index (χ1v) is 16.5. The molecular formula is C32H38ClN3O6S. The van der Waals surface area contributed by atoms with E-state index >= 15 is 0 Å². The highest BCUT2D eigenvalue weighted by atomic mass is 35.5. The minimum Gasteiger partial charge on any atom is -0.486 e. The van der Waals surface area contributed by atoms with Gasteiger partial charge in [0.15, 0.2) is 11.5 Å². The van der Waals surface area contributed by atoms with Gasteiger partial charge in [-0.15, -0.1) is 0 Å². The van der Waals surface area contributed by atoms with Crippen molar-refractivity contribution in [2.45, 2.75) is 45.7 Å². The van der Waals surface area contributed by atoms with Gasteiger partial charge in [0.2, 0.25) is 21.8 Å². The van der Waals surface area contributed by atoms with E-state index in [2.05, 4.69) is 5.32 Å². The fourth-order valence-corrected chi connectivity index (χ4v) is 6.07. The Balaban J connectivity index is 1.73. The number of unbranched alkanes of at least 4 members (excludes halogenated alkanes) is 1. The zero-order chi connectivity index (χ0) is 30.8. The first kappa shape index (κ1) is 32.2. The monoisotopic (exact) mass is 627 g/mol. The number of nitrogens with one attached hydrogen (secondary N) is 1. The average Bonchev–Trinajstić information content (AvgIpc) is 3.01. The zero-order valence-corrected chi connectivity index (χ0v) is 26.1. The van der Waals surface area contributed by atoms with E-state index in [0.717, 1.165) is 22.7 Å². The van der Waals surface area contributed by atoms with Crippen LogP contribution in [0.4, 0.5) is 5.69 Å². The van der Waals surface area contributed by atoms with Gasteiger partial charge in [-0.3, -0.25) is 13.9 Å². The van der Waals surface area contributed by atoms with E-state index in [1.807, 2.05) is 43.3 Å². The molecule has 1 aliphatic heterocycles. The Bertz CT molecular complexity index is 1500. The molecule has 1 aliphatic rings. The molecule has 3 aromatic rings. The highest BCUT2D eigenvalue weighted by Crippen LogP contribution is 2.35. The molecule has 2 amide bonds. The van der Waals surface area contributed by atoms with Gasteiger partial charge in [-0.25, -0.2) is 8.42 Å². The van der Waals surface area contributed by atoms with Gasteiger partial charge in [0.25, 0.3) is 0 Å². The number of carbonyl (C=O) groups is 2. The molecular weight excluding hydrogens is 590 g/mol. The fourth-order valence-electron chi connectivity index (χ4n) is 4.80. The predicted octanol–water partition coefficient (Wildman–Crippen LogP) is 4.82. The lowest BCUT2D eigenvalue weighted by Gasteiger charge is -2.34. The van der Waals surface area contributed by atoms with Crippen LogP contribution >= 0.6 is 11.6 Å². The molecule has 9 nitrogen and oxygen atoms in total. The summed E-state index contributed by atoms with van der Waals surface area (Å²) in [6.45, 7) is 4.29. The number of carbonyl (C=O) groups excluding carboxylic acids is 2. The van der Waals surface area contributed by atoms with Gasteiger partial charge in [0.1, 0.15) is 25.8 Å². The van der Waals surface area contributed by atoms with Crippen molar-refractivity contribution in [2.24, 2.45) is 0 Å². The van der Waals surface area contributed by atoms with Crippen molar-refractivity contribution in [1.82, 2.24) is 10.2 Å². The average molecular weight is 628 g/mol. The van der Waals surface area contributed by atoms with Gasteiger partial charge < -0.3 is 19.7 Å². The number of sulfonamides is 1. The minimum atomic E-state index is -3.90. The molecule has 0 bridgehead atoms. The summed E-state index contributed by atoms with van der Waals surface area (Å²) in [5.41, 5.74) is 1.85. The number of rotatable bonds is 14. The van der Waals surface area contributed by atoms with Gasteiger partial charge in [-0.05, 0) is 48.7 Å². The summed E-state index contributed by atoms with van der Waals surface area (Å²) in [6, 6.07) is 20.4. The van der Waals surface area contributed by atoms with Crippen LogP contribution in [0.15, 0.2) is 72.8 Å². The molecule has 11 heteroatoms. The molecule has 43 heavy (non-hydrogen) atoms. The number of nitrogens with zero attached hydrogens (tertiary/aromatic N) is 2. The number of ether oxygens (including phenoxy) is 2. The zero-order valence-electron chi connectivity index (χ0n) is 24.5. The number of anilines is 1. The molecule has 0 radical (unpaired) electrons. The van der Waals surface area contributed by atoms with Crippen molar-refractivity contribution in [3.8, 4) is 11.5 Å². The maximum atomic E-state index is 14.3. The van der Waals surface area contributed by atoms with E-state index in [0.29, 0.717) is 41.8 Å². The summed E-state index contributed by atoms with van der Waals surface area (Å²) in [7, 11) is -3.90. The lowest BCUT2D eigenvalue weighted by atomic mass is 10.0. The van der Waals surface area contributed by atoms with Crippen LogP contribution in [-0.2, 0) is 32.6 Å². The maximum absolute atomic E-state index is 14.3. The molecule has 0 saturated heterocycles. The molecule has 0 saturated carbocycles. The van der Waals surface area contributed by atoms with Crippen LogP contribution in [0.2, 0.25) is 5.02 Å². The van der Waals surface area contributed by atoms with Crippen molar-refractivity contribution in [2.75, 3.05) is 36.4 Å². The van der Waals surface area contributed by atoms with Crippen LogP contribution in [0, 0.1) is 0 Å². The van der Waals surface area contributed by atoms with Crippen LogP contribution in [0.5, 0.6) is 11.5 Å². The molecule has 0 fully saturated rings. The third kappa shape index (κ3) is 8.64. The van der Waals surface area contributed by atoms with E-state index in [9.17, 15) is 18.0 Å². The Morgan fingerprint density at radius 3 is 2.35 bits per heavy atom. The van der Waals surface area contributed by atoms with Crippen LogP contribution in [-0.4, -0.2) is 63.2 Å². The van der Waals surface area contributed by atoms with Gasteiger partial charge in [0.05, 0.1) is 11.4 Å². The molecule has 1 atom stereocenters. The first-order valence-electron chi connectivity index (χ1n) is 14.5. The van der Waals surface area contributed by atoms with Crippen LogP contribution in [0.25, 0.3) is 0 Å². The van der Waals surface area contributed by atoms with Gasteiger partial charge in [-0.1, -0.05) is 67.4 Å². The molecule has 0 spiro atoms. The van der Waals surface area contributed by atoms with E-state index < -0.39 is 28.5 Å². The topological polar surface area (TPSA) is 105 Å². The number of halogens is 1. The first-order chi connectivity index (χ1) is 20.7. The lowest BCUT2D eigenvalue weighted by molar-refractivity contribution is -0.140. The highest BCUT2D eigenvalue weighted by Gasteiger charge is 2.34. The SMILES string of the molecule is CCCCNC(=O)[C@H](Cc1ccccc1)N(Cc1cccc(Cl)c1)C(=O)CN(c1ccc2c(c1)OCCO2)S(=O)(=O)CC. The third-order valence-electron chi connectivity index (χ3n) is 7.14. The number of hydrogen-bond acceptors (Lipinski definition) is 6. The predicted molar refractivity (Wildman–Crippen MR) is 168 cm³/mol. The van der Waals surface area contributed by atoms with Crippen LogP contribution in [0.3, 0.4) is 0 Å². The molecule has 1 heterocycles. The Morgan fingerprint density at radius 2 is 1.65 bits per heavy atom. The molecule has 0 unspecified atom stereocenters. The van der Waals surface area contributed by atoms with Crippen LogP contribution < -0.4 is 19.1 Å². The fraction of sp³-hybridized carbons (Fsp3) is 0.375. The molecule has 0 aliphatic carbocycles. The maximum Gasteiger partial charge on any atom is 0.244 e. The minimum absolute atomic E-state index is 0.0548. The van der Waals surface area contributed by atoms with Crippen molar-refractivity contribution in [3.63, 3.8) is 0 Å². The normalized spacial score (nSPS) is 13.2. The smallest absolute Gasteiger partial charge is 0.244 e. The summed E-state index contributed by atoms with van der Waals surface area (Å²) < 4.78 is 39.1. The summed E-state index contributed by atoms with van der Waals surface area (Å²) in [5.74, 6) is -0.158. The Morgan fingerprint density at radius 1 is 0.930 bits per heavy atom. The molecule has 1 N–H and O–H groups in total. The van der Waals surface area contributed by atoms with E-state index in [-0.39, 0.29) is 30.3 Å². The molecule has 230 valence electrons.